The molecule has 0 aromatic heterocycles. The number of fused-ring (bicyclic) bond motifs is 1. The lowest BCUT2D eigenvalue weighted by molar-refractivity contribution is -0.283. The number of quaternary nitrogens is 1. The molecule has 0 saturated heterocycles. The molecule has 2 aliphatic rings. The first kappa shape index (κ1) is 10.7. The summed E-state index contributed by atoms with van der Waals surface area (Å²) >= 11 is 0. The molecule has 0 heterocycles. The molecule has 3 N–H and O–H groups in total. The van der Waals surface area contributed by atoms with Gasteiger partial charge in [0.1, 0.15) is 6.61 Å². The summed E-state index contributed by atoms with van der Waals surface area (Å²) in [6.45, 7) is 2.90. The van der Waals surface area contributed by atoms with Crippen LogP contribution in [0.15, 0.2) is 12.2 Å². The lowest BCUT2D eigenvalue weighted by Crippen LogP contribution is -2.57. The van der Waals surface area contributed by atoms with Gasteiger partial charge in [0.25, 0.3) is 0 Å². The summed E-state index contributed by atoms with van der Waals surface area (Å²) in [5.74, 6) is 1.32. The summed E-state index contributed by atoms with van der Waals surface area (Å²) in [5, 5.41) is 0. The molecule has 0 spiro atoms. The molecule has 0 radical (unpaired) electrons. The molecule has 15 heavy (non-hydrogen) atoms. The van der Waals surface area contributed by atoms with E-state index in [9.17, 15) is 4.79 Å². The average molecular weight is 210 g/mol. The van der Waals surface area contributed by atoms with Crippen LogP contribution in [0.4, 0.5) is 4.79 Å². The fourth-order valence-electron chi connectivity index (χ4n) is 3.06. The molecule has 3 atom stereocenters. The minimum atomic E-state index is -0.393. The highest BCUT2D eigenvalue weighted by Crippen LogP contribution is 2.63. The largest absolute Gasteiger partial charge is 0.511 e. The van der Waals surface area contributed by atoms with Crippen molar-refractivity contribution in [2.45, 2.75) is 32.6 Å². The molecule has 84 valence electrons. The fourth-order valence-corrected chi connectivity index (χ4v) is 3.06. The molecule has 0 aromatic carbocycles. The van der Waals surface area contributed by atoms with Gasteiger partial charge in [-0.15, -0.1) is 0 Å². The van der Waals surface area contributed by atoms with Gasteiger partial charge < -0.3 is 4.74 Å². The van der Waals surface area contributed by atoms with Crippen LogP contribution in [0.1, 0.15) is 32.6 Å². The Hall–Kier alpha value is -0.830. The first-order valence-electron chi connectivity index (χ1n) is 5.78. The Morgan fingerprint density at radius 3 is 3.00 bits per heavy atom. The first-order chi connectivity index (χ1) is 7.14. The van der Waals surface area contributed by atoms with Gasteiger partial charge in [0.2, 0.25) is 0 Å². The molecule has 3 unspecified atom stereocenters. The van der Waals surface area contributed by atoms with Crippen LogP contribution in [0.2, 0.25) is 0 Å². The van der Waals surface area contributed by atoms with E-state index in [1.165, 1.54) is 25.7 Å². The number of carbonyl (C=O) groups is 1. The quantitative estimate of drug-likeness (QED) is 0.706. The van der Waals surface area contributed by atoms with Gasteiger partial charge in [-0.2, -0.15) is 4.79 Å². The minimum Gasteiger partial charge on any atom is -0.420 e. The molecule has 3 nitrogen and oxygen atoms in total. The molecular formula is C12H20NO2+. The van der Waals surface area contributed by atoms with Crippen molar-refractivity contribution in [2.24, 2.45) is 17.3 Å². The van der Waals surface area contributed by atoms with Gasteiger partial charge >= 0.3 is 6.09 Å². The number of hydrogen-bond acceptors (Lipinski definition) is 2. The number of ether oxygens (including phenoxy) is 1. The van der Waals surface area contributed by atoms with E-state index >= 15 is 0 Å². The van der Waals surface area contributed by atoms with Crippen molar-refractivity contribution in [2.75, 3.05) is 6.61 Å². The normalized spacial score (nSPS) is 38.8. The van der Waals surface area contributed by atoms with Gasteiger partial charge in [0, 0.05) is 5.92 Å². The van der Waals surface area contributed by atoms with E-state index in [0.29, 0.717) is 17.9 Å². The van der Waals surface area contributed by atoms with Crippen molar-refractivity contribution in [3.8, 4) is 0 Å². The van der Waals surface area contributed by atoms with E-state index in [0.717, 1.165) is 5.92 Å². The van der Waals surface area contributed by atoms with E-state index in [1.54, 1.807) is 0 Å². The van der Waals surface area contributed by atoms with Gasteiger partial charge in [0.15, 0.2) is 0 Å². The average Bonchev–Trinajstić information content (AvgIpc) is 2.67. The second-order valence-corrected chi connectivity index (χ2v) is 4.99. The van der Waals surface area contributed by atoms with Crippen molar-refractivity contribution < 1.29 is 15.3 Å². The number of amides is 1. The van der Waals surface area contributed by atoms with E-state index in [-0.39, 0.29) is 0 Å². The van der Waals surface area contributed by atoms with Crippen molar-refractivity contribution in [3.63, 3.8) is 0 Å². The van der Waals surface area contributed by atoms with Crippen molar-refractivity contribution in [1.82, 2.24) is 0 Å². The number of carbonyl (C=O) groups excluding carboxylic acids is 1. The molecular weight excluding hydrogens is 190 g/mol. The molecule has 0 aromatic rings. The summed E-state index contributed by atoms with van der Waals surface area (Å²) in [6, 6.07) is 0. The molecule has 1 fully saturated rings. The van der Waals surface area contributed by atoms with E-state index < -0.39 is 6.09 Å². The molecule has 3 heteroatoms. The van der Waals surface area contributed by atoms with E-state index in [1.807, 2.05) is 0 Å². The van der Waals surface area contributed by atoms with Gasteiger partial charge in [-0.3, -0.25) is 5.73 Å². The number of rotatable bonds is 2. The second kappa shape index (κ2) is 3.97. The van der Waals surface area contributed by atoms with Crippen LogP contribution >= 0.6 is 0 Å². The Morgan fingerprint density at radius 2 is 2.27 bits per heavy atom. The molecule has 2 aliphatic carbocycles. The smallest absolute Gasteiger partial charge is 0.420 e. The van der Waals surface area contributed by atoms with Crippen LogP contribution in [0, 0.1) is 17.3 Å². The van der Waals surface area contributed by atoms with E-state index in [4.69, 9.17) is 4.74 Å². The Bertz CT molecular complexity index is 287. The van der Waals surface area contributed by atoms with Crippen molar-refractivity contribution >= 4 is 6.09 Å². The van der Waals surface area contributed by atoms with Crippen LogP contribution < -0.4 is 5.73 Å². The Balaban J connectivity index is 1.91. The Labute approximate surface area is 90.7 Å². The summed E-state index contributed by atoms with van der Waals surface area (Å²) in [5.41, 5.74) is 3.66. The third kappa shape index (κ3) is 2.07. The van der Waals surface area contributed by atoms with Crippen LogP contribution in [0.25, 0.3) is 0 Å². The van der Waals surface area contributed by atoms with Gasteiger partial charge in [-0.05, 0) is 37.0 Å². The number of allylic oxidation sites excluding steroid dienone is 2. The molecule has 1 saturated carbocycles. The summed E-state index contributed by atoms with van der Waals surface area (Å²) in [6.07, 6.45) is 8.99. The van der Waals surface area contributed by atoms with Crippen molar-refractivity contribution in [3.05, 3.63) is 12.2 Å². The maximum Gasteiger partial charge on any atom is 0.511 e. The predicted octanol–water partition coefficient (Wildman–Crippen LogP) is 1.75. The summed E-state index contributed by atoms with van der Waals surface area (Å²) < 4.78 is 5.03. The van der Waals surface area contributed by atoms with E-state index in [2.05, 4.69) is 24.8 Å². The zero-order valence-corrected chi connectivity index (χ0v) is 9.37. The lowest BCUT2D eigenvalue weighted by atomic mass is 9.94. The molecule has 2 rings (SSSR count). The highest BCUT2D eigenvalue weighted by molar-refractivity contribution is 5.54. The molecule has 0 aliphatic heterocycles. The van der Waals surface area contributed by atoms with Crippen LogP contribution in [-0.2, 0) is 4.74 Å². The second-order valence-electron chi connectivity index (χ2n) is 4.99. The minimum absolute atomic E-state index is 0.393. The highest BCUT2D eigenvalue weighted by atomic mass is 16.5. The van der Waals surface area contributed by atoms with Crippen LogP contribution in [0.3, 0.4) is 0 Å². The van der Waals surface area contributed by atoms with Crippen molar-refractivity contribution in [1.29, 1.82) is 0 Å². The van der Waals surface area contributed by atoms with Gasteiger partial charge in [-0.1, -0.05) is 19.1 Å². The van der Waals surface area contributed by atoms with Gasteiger partial charge in [-0.25, -0.2) is 0 Å². The highest BCUT2D eigenvalue weighted by Gasteiger charge is 2.59. The number of hydrogen-bond donors (Lipinski definition) is 1. The Kier molecular flexibility index (Phi) is 2.83. The SMILES string of the molecule is CC12CCC=CCCC1C2COC([NH3+])=O. The standard InChI is InChI=1S/C12H19NO2/c1-12-7-5-3-2-4-6-9(12)10(12)8-15-11(13)14/h2-3,9-10H,4-8H2,1H3,(H2,13,14)/p+1. The third-order valence-electron chi connectivity index (χ3n) is 4.16. The predicted molar refractivity (Wildman–Crippen MR) is 56.9 cm³/mol. The zero-order valence-electron chi connectivity index (χ0n) is 9.37. The third-order valence-corrected chi connectivity index (χ3v) is 4.16. The lowest BCUT2D eigenvalue weighted by Gasteiger charge is -2.11. The first-order valence-corrected chi connectivity index (χ1v) is 5.78. The summed E-state index contributed by atoms with van der Waals surface area (Å²) in [7, 11) is 0. The maximum absolute atomic E-state index is 10.7. The Morgan fingerprint density at radius 1 is 1.53 bits per heavy atom. The maximum atomic E-state index is 10.7. The van der Waals surface area contributed by atoms with Gasteiger partial charge in [0.05, 0.1) is 0 Å². The van der Waals surface area contributed by atoms with Crippen LogP contribution in [0.5, 0.6) is 0 Å². The van der Waals surface area contributed by atoms with Crippen LogP contribution in [-0.4, -0.2) is 12.7 Å². The zero-order chi connectivity index (χ0) is 10.9. The monoisotopic (exact) mass is 210 g/mol. The molecule has 1 amide bonds. The topological polar surface area (TPSA) is 53.9 Å². The molecule has 0 bridgehead atoms. The summed E-state index contributed by atoms with van der Waals surface area (Å²) in [4.78, 5) is 10.7. The fraction of sp³-hybridized carbons (Fsp3) is 0.750.